The third-order valence-corrected chi connectivity index (χ3v) is 4.50. The second-order valence-electron chi connectivity index (χ2n) is 5.84. The Morgan fingerprint density at radius 3 is 2.46 bits per heavy atom. The van der Waals surface area contributed by atoms with Crippen molar-refractivity contribution in [1.82, 2.24) is 14.6 Å². The van der Waals surface area contributed by atoms with Crippen molar-refractivity contribution >= 4 is 29.0 Å². The summed E-state index contributed by atoms with van der Waals surface area (Å²) in [7, 11) is 0. The number of nitrogens with zero attached hydrogens (tertiary/aromatic N) is 4. The van der Waals surface area contributed by atoms with Crippen LogP contribution in [-0.4, -0.2) is 33.6 Å². The summed E-state index contributed by atoms with van der Waals surface area (Å²) in [5.74, 6) is 0.279. The van der Waals surface area contributed by atoms with Gasteiger partial charge in [0, 0.05) is 23.7 Å². The monoisotopic (exact) mass is 341 g/mol. The van der Waals surface area contributed by atoms with Crippen LogP contribution in [0.25, 0.3) is 16.9 Å². The number of carbonyl (C=O) groups excluding carboxylic acids is 1. The number of nitrogens with two attached hydrogens (primary N) is 1. The van der Waals surface area contributed by atoms with Crippen molar-refractivity contribution < 1.29 is 4.79 Å². The number of amides is 1. The Morgan fingerprint density at radius 2 is 1.79 bits per heavy atom. The average molecular weight is 342 g/mol. The lowest BCUT2D eigenvalue weighted by Crippen LogP contribution is -2.21. The zero-order valence-electron chi connectivity index (χ0n) is 12.9. The Morgan fingerprint density at radius 1 is 1.08 bits per heavy atom. The van der Waals surface area contributed by atoms with E-state index in [2.05, 4.69) is 15.0 Å². The van der Waals surface area contributed by atoms with E-state index in [4.69, 9.17) is 17.3 Å². The zero-order chi connectivity index (χ0) is 16.7. The maximum absolute atomic E-state index is 12.1. The minimum Gasteiger partial charge on any atom is -0.364 e. The molecule has 1 aliphatic rings. The third-order valence-electron chi connectivity index (χ3n) is 4.24. The number of primary amides is 1. The number of benzene rings is 1. The highest BCUT2D eigenvalue weighted by Crippen LogP contribution is 2.26. The van der Waals surface area contributed by atoms with Crippen molar-refractivity contribution in [3.05, 3.63) is 47.1 Å². The van der Waals surface area contributed by atoms with Crippen molar-refractivity contribution in [2.24, 2.45) is 5.73 Å². The highest BCUT2D eigenvalue weighted by atomic mass is 35.5. The van der Waals surface area contributed by atoms with Crippen LogP contribution in [0.15, 0.2) is 36.4 Å². The molecule has 1 aromatic carbocycles. The van der Waals surface area contributed by atoms with Gasteiger partial charge in [0.25, 0.3) is 5.91 Å². The molecule has 0 unspecified atom stereocenters. The molecule has 1 fully saturated rings. The molecule has 0 bridgehead atoms. The van der Waals surface area contributed by atoms with E-state index in [-0.39, 0.29) is 5.69 Å². The van der Waals surface area contributed by atoms with Gasteiger partial charge < -0.3 is 10.6 Å². The molecule has 3 heterocycles. The topological polar surface area (TPSA) is 76.5 Å². The summed E-state index contributed by atoms with van der Waals surface area (Å²) in [5, 5.41) is 5.22. The van der Waals surface area contributed by atoms with Crippen LogP contribution in [0.1, 0.15) is 23.3 Å². The Balaban J connectivity index is 1.89. The molecule has 0 spiro atoms. The van der Waals surface area contributed by atoms with E-state index >= 15 is 0 Å². The van der Waals surface area contributed by atoms with Gasteiger partial charge in [-0.1, -0.05) is 23.7 Å². The molecule has 1 saturated heterocycles. The second-order valence-corrected chi connectivity index (χ2v) is 6.27. The molecule has 1 aliphatic heterocycles. The smallest absolute Gasteiger partial charge is 0.269 e. The van der Waals surface area contributed by atoms with E-state index in [0.29, 0.717) is 16.4 Å². The van der Waals surface area contributed by atoms with Crippen molar-refractivity contribution in [2.75, 3.05) is 18.0 Å². The summed E-state index contributed by atoms with van der Waals surface area (Å²) in [5.41, 5.74) is 7.79. The minimum atomic E-state index is -0.557. The van der Waals surface area contributed by atoms with E-state index in [1.165, 1.54) is 0 Å². The molecule has 24 heavy (non-hydrogen) atoms. The standard InChI is InChI=1S/C17H16ClN5O/c18-12-5-3-11(4-6-12)15-16(17(19)24)23-13(20-15)7-8-14(21-23)22-9-1-2-10-22/h3-8H,1-2,9-10H2,(H2,19,24). The second kappa shape index (κ2) is 5.79. The van der Waals surface area contributed by atoms with Gasteiger partial charge in [-0.3, -0.25) is 4.79 Å². The van der Waals surface area contributed by atoms with Gasteiger partial charge in [-0.25, -0.2) is 9.50 Å². The van der Waals surface area contributed by atoms with Crippen molar-refractivity contribution in [3.8, 4) is 11.3 Å². The first-order valence-electron chi connectivity index (χ1n) is 7.84. The van der Waals surface area contributed by atoms with Crippen LogP contribution in [0.2, 0.25) is 5.02 Å². The van der Waals surface area contributed by atoms with Gasteiger partial charge in [0.2, 0.25) is 0 Å². The number of carbonyl (C=O) groups is 1. The van der Waals surface area contributed by atoms with Crippen LogP contribution in [0.4, 0.5) is 5.82 Å². The highest BCUT2D eigenvalue weighted by molar-refractivity contribution is 6.30. The molecule has 0 radical (unpaired) electrons. The van der Waals surface area contributed by atoms with Crippen LogP contribution >= 0.6 is 11.6 Å². The zero-order valence-corrected chi connectivity index (χ0v) is 13.7. The molecule has 122 valence electrons. The first-order valence-corrected chi connectivity index (χ1v) is 8.22. The van der Waals surface area contributed by atoms with E-state index in [0.717, 1.165) is 37.3 Å². The van der Waals surface area contributed by atoms with Crippen LogP contribution in [0.5, 0.6) is 0 Å². The quantitative estimate of drug-likeness (QED) is 0.794. The molecular weight excluding hydrogens is 326 g/mol. The van der Waals surface area contributed by atoms with Gasteiger partial charge in [-0.2, -0.15) is 0 Å². The molecule has 1 amide bonds. The van der Waals surface area contributed by atoms with Gasteiger partial charge in [-0.05, 0) is 37.1 Å². The van der Waals surface area contributed by atoms with Crippen LogP contribution < -0.4 is 10.6 Å². The third kappa shape index (κ3) is 2.49. The summed E-state index contributed by atoms with van der Waals surface area (Å²) in [6, 6.07) is 11.0. The minimum absolute atomic E-state index is 0.286. The molecule has 2 aromatic heterocycles. The van der Waals surface area contributed by atoms with E-state index < -0.39 is 5.91 Å². The number of halogens is 1. The van der Waals surface area contributed by atoms with Crippen LogP contribution in [-0.2, 0) is 0 Å². The molecule has 6 nitrogen and oxygen atoms in total. The highest BCUT2D eigenvalue weighted by Gasteiger charge is 2.21. The average Bonchev–Trinajstić information content (AvgIpc) is 3.22. The van der Waals surface area contributed by atoms with Gasteiger partial charge >= 0.3 is 0 Å². The van der Waals surface area contributed by atoms with E-state index in [1.807, 2.05) is 24.3 Å². The maximum Gasteiger partial charge on any atom is 0.269 e. The first-order chi connectivity index (χ1) is 11.6. The lowest BCUT2D eigenvalue weighted by Gasteiger charge is -2.15. The summed E-state index contributed by atoms with van der Waals surface area (Å²) in [6.07, 6.45) is 2.31. The fraction of sp³-hybridized carbons (Fsp3) is 0.235. The Hall–Kier alpha value is -2.60. The van der Waals surface area contributed by atoms with Crippen molar-refractivity contribution in [1.29, 1.82) is 0 Å². The molecule has 0 saturated carbocycles. The number of fused-ring (bicyclic) bond motifs is 1. The SMILES string of the molecule is NC(=O)c1c(-c2ccc(Cl)cc2)nc2ccc(N3CCCC3)nn12. The summed E-state index contributed by atoms with van der Waals surface area (Å²) in [4.78, 5) is 18.8. The van der Waals surface area contributed by atoms with Crippen molar-refractivity contribution in [3.63, 3.8) is 0 Å². The Labute approximate surface area is 143 Å². The summed E-state index contributed by atoms with van der Waals surface area (Å²) < 4.78 is 1.54. The summed E-state index contributed by atoms with van der Waals surface area (Å²) >= 11 is 5.94. The van der Waals surface area contributed by atoms with Gasteiger partial charge in [0.15, 0.2) is 11.3 Å². The van der Waals surface area contributed by atoms with Gasteiger partial charge in [0.05, 0.1) is 0 Å². The van der Waals surface area contributed by atoms with Crippen LogP contribution in [0, 0.1) is 0 Å². The maximum atomic E-state index is 12.1. The van der Waals surface area contributed by atoms with E-state index in [1.54, 1.807) is 16.6 Å². The number of hydrogen-bond donors (Lipinski definition) is 1. The normalized spacial score (nSPS) is 14.5. The predicted molar refractivity (Wildman–Crippen MR) is 93.4 cm³/mol. The Bertz CT molecular complexity index is 913. The van der Waals surface area contributed by atoms with Gasteiger partial charge in [-0.15, -0.1) is 5.10 Å². The summed E-state index contributed by atoms with van der Waals surface area (Å²) in [6.45, 7) is 1.95. The molecule has 0 aliphatic carbocycles. The first kappa shape index (κ1) is 15.0. The molecule has 0 atom stereocenters. The predicted octanol–water partition coefficient (Wildman–Crippen LogP) is 2.75. The molecule has 4 rings (SSSR count). The lowest BCUT2D eigenvalue weighted by atomic mass is 10.1. The van der Waals surface area contributed by atoms with Crippen LogP contribution in [0.3, 0.4) is 0 Å². The van der Waals surface area contributed by atoms with Gasteiger partial charge in [0.1, 0.15) is 11.5 Å². The number of anilines is 1. The number of imidazole rings is 1. The van der Waals surface area contributed by atoms with E-state index in [9.17, 15) is 4.79 Å². The number of rotatable bonds is 3. The lowest BCUT2D eigenvalue weighted by molar-refractivity contribution is 0.0994. The molecule has 7 heteroatoms. The van der Waals surface area contributed by atoms with Crippen molar-refractivity contribution in [2.45, 2.75) is 12.8 Å². The molecular formula is C17H16ClN5O. The molecule has 2 N–H and O–H groups in total. The fourth-order valence-corrected chi connectivity index (χ4v) is 3.19. The largest absolute Gasteiger partial charge is 0.364 e. The number of aromatic nitrogens is 3. The molecule has 3 aromatic rings. The fourth-order valence-electron chi connectivity index (χ4n) is 3.07. The number of hydrogen-bond acceptors (Lipinski definition) is 4. The Kier molecular flexibility index (Phi) is 3.61.